The molecule has 1 heterocycles. The van der Waals surface area contributed by atoms with Gasteiger partial charge in [0.1, 0.15) is 0 Å². The first kappa shape index (κ1) is 16.6. The molecule has 3 atom stereocenters. The molecule has 0 saturated carbocycles. The minimum absolute atomic E-state index is 0.0273. The summed E-state index contributed by atoms with van der Waals surface area (Å²) in [4.78, 5) is 14.7. The highest BCUT2D eigenvalue weighted by Crippen LogP contribution is 2.27. The van der Waals surface area contributed by atoms with Crippen LogP contribution in [-0.2, 0) is 4.79 Å². The molecule has 1 fully saturated rings. The molecule has 0 spiro atoms. The average Bonchev–Trinajstić information content (AvgIpc) is 2.40. The van der Waals surface area contributed by atoms with E-state index in [1.54, 1.807) is 18.2 Å². The number of hydrogen-bond donors (Lipinski definition) is 1. The van der Waals surface area contributed by atoms with Crippen LogP contribution in [0.2, 0.25) is 10.0 Å². The molecule has 0 bridgehead atoms. The number of hydrogen-bond acceptors (Lipinski definition) is 2. The molecule has 1 aromatic rings. The van der Waals surface area contributed by atoms with Gasteiger partial charge in [-0.1, -0.05) is 37.0 Å². The van der Waals surface area contributed by atoms with Crippen LogP contribution in [0.25, 0.3) is 0 Å². The Morgan fingerprint density at radius 3 is 2.48 bits per heavy atom. The third kappa shape index (κ3) is 4.35. The van der Waals surface area contributed by atoms with Crippen molar-refractivity contribution in [3.8, 4) is 0 Å². The van der Waals surface area contributed by atoms with E-state index >= 15 is 0 Å². The van der Waals surface area contributed by atoms with Gasteiger partial charge < -0.3 is 5.32 Å². The lowest BCUT2D eigenvalue weighted by Crippen LogP contribution is -2.48. The van der Waals surface area contributed by atoms with Crippen molar-refractivity contribution in [2.45, 2.75) is 33.2 Å². The molecule has 1 aliphatic heterocycles. The highest BCUT2D eigenvalue weighted by molar-refractivity contribution is 6.36. The fourth-order valence-electron chi connectivity index (χ4n) is 3.02. The molecule has 0 aliphatic carbocycles. The Labute approximate surface area is 136 Å². The molecule has 1 aliphatic rings. The second-order valence-electron chi connectivity index (χ2n) is 6.19. The molecule has 5 heteroatoms. The van der Waals surface area contributed by atoms with Crippen molar-refractivity contribution >= 4 is 34.8 Å². The van der Waals surface area contributed by atoms with Crippen LogP contribution in [0.15, 0.2) is 18.2 Å². The number of piperidine rings is 1. The first-order valence-electron chi connectivity index (χ1n) is 7.36. The molecule has 0 unspecified atom stereocenters. The van der Waals surface area contributed by atoms with Gasteiger partial charge in [0.25, 0.3) is 0 Å². The number of rotatable bonds is 3. The Hall–Kier alpha value is -0.770. The largest absolute Gasteiger partial charge is 0.323 e. The summed E-state index contributed by atoms with van der Waals surface area (Å²) in [5, 5.41) is 3.91. The Bertz CT molecular complexity index is 511. The van der Waals surface area contributed by atoms with Gasteiger partial charge in [-0.3, -0.25) is 9.69 Å². The van der Waals surface area contributed by atoms with Crippen LogP contribution in [0.1, 0.15) is 27.2 Å². The van der Waals surface area contributed by atoms with Gasteiger partial charge in [0.05, 0.1) is 16.8 Å². The lowest BCUT2D eigenvalue weighted by molar-refractivity contribution is -0.121. The lowest BCUT2D eigenvalue weighted by atomic mass is 9.91. The zero-order valence-electron chi connectivity index (χ0n) is 12.7. The van der Waals surface area contributed by atoms with E-state index < -0.39 is 0 Å². The molecule has 1 aromatic carbocycles. The SMILES string of the molecule is C[C@@H]1C[C@@H](C)CN([C@H](C)C(=O)Nc2ccc(Cl)cc2Cl)C1. The number of carbonyl (C=O) groups is 1. The van der Waals surface area contributed by atoms with Gasteiger partial charge in [-0.2, -0.15) is 0 Å². The van der Waals surface area contributed by atoms with Gasteiger partial charge in [-0.15, -0.1) is 0 Å². The molecule has 1 amide bonds. The molecule has 21 heavy (non-hydrogen) atoms. The predicted octanol–water partition coefficient (Wildman–Crippen LogP) is 4.30. The zero-order chi connectivity index (χ0) is 15.6. The van der Waals surface area contributed by atoms with Crippen molar-refractivity contribution in [2.24, 2.45) is 11.8 Å². The van der Waals surface area contributed by atoms with Crippen molar-refractivity contribution in [3.63, 3.8) is 0 Å². The second kappa shape index (κ2) is 6.99. The smallest absolute Gasteiger partial charge is 0.241 e. The number of nitrogens with one attached hydrogen (secondary N) is 1. The van der Waals surface area contributed by atoms with Crippen LogP contribution in [0, 0.1) is 11.8 Å². The van der Waals surface area contributed by atoms with E-state index in [-0.39, 0.29) is 11.9 Å². The predicted molar refractivity (Wildman–Crippen MR) is 89.1 cm³/mol. The van der Waals surface area contributed by atoms with Crippen molar-refractivity contribution in [1.29, 1.82) is 0 Å². The number of anilines is 1. The van der Waals surface area contributed by atoms with Crippen LogP contribution in [-0.4, -0.2) is 29.9 Å². The minimum Gasteiger partial charge on any atom is -0.323 e. The molecule has 1 saturated heterocycles. The fourth-order valence-corrected chi connectivity index (χ4v) is 3.48. The van der Waals surface area contributed by atoms with E-state index in [1.807, 2.05) is 6.92 Å². The number of halogens is 2. The fraction of sp³-hybridized carbons (Fsp3) is 0.562. The van der Waals surface area contributed by atoms with Crippen molar-refractivity contribution in [1.82, 2.24) is 4.90 Å². The normalized spacial score (nSPS) is 24.6. The third-order valence-electron chi connectivity index (χ3n) is 4.01. The standard InChI is InChI=1S/C16H22Cl2N2O/c1-10-6-11(2)9-20(8-10)12(3)16(21)19-15-5-4-13(17)7-14(15)18/h4-5,7,10-12H,6,8-9H2,1-3H3,(H,19,21)/t10-,11-,12-/m1/s1. The summed E-state index contributed by atoms with van der Waals surface area (Å²) in [6.07, 6.45) is 1.23. The number of likely N-dealkylation sites (tertiary alicyclic amines) is 1. The van der Waals surface area contributed by atoms with Gasteiger partial charge in [0.15, 0.2) is 0 Å². The van der Waals surface area contributed by atoms with E-state index in [1.165, 1.54) is 6.42 Å². The monoisotopic (exact) mass is 328 g/mol. The van der Waals surface area contributed by atoms with Gasteiger partial charge in [-0.25, -0.2) is 0 Å². The summed E-state index contributed by atoms with van der Waals surface area (Å²) in [6, 6.07) is 4.92. The van der Waals surface area contributed by atoms with Gasteiger partial charge >= 0.3 is 0 Å². The zero-order valence-corrected chi connectivity index (χ0v) is 14.2. The molecular weight excluding hydrogens is 307 g/mol. The Morgan fingerprint density at radius 2 is 1.90 bits per heavy atom. The summed E-state index contributed by atoms with van der Waals surface area (Å²) in [6.45, 7) is 8.36. The second-order valence-corrected chi connectivity index (χ2v) is 7.03. The summed E-state index contributed by atoms with van der Waals surface area (Å²) in [5.74, 6) is 1.23. The molecule has 1 N–H and O–H groups in total. The Kier molecular flexibility index (Phi) is 5.53. The molecular formula is C16H22Cl2N2O. The van der Waals surface area contributed by atoms with E-state index in [9.17, 15) is 4.79 Å². The Morgan fingerprint density at radius 1 is 1.29 bits per heavy atom. The minimum atomic E-state index is -0.165. The van der Waals surface area contributed by atoms with E-state index in [4.69, 9.17) is 23.2 Å². The van der Waals surface area contributed by atoms with Gasteiger partial charge in [-0.05, 0) is 43.4 Å². The summed E-state index contributed by atoms with van der Waals surface area (Å²) < 4.78 is 0. The molecule has 2 rings (SSSR count). The molecule has 0 radical (unpaired) electrons. The van der Waals surface area contributed by atoms with Crippen LogP contribution in [0.5, 0.6) is 0 Å². The topological polar surface area (TPSA) is 32.3 Å². The number of carbonyl (C=O) groups excluding carboxylic acids is 1. The maximum atomic E-state index is 12.4. The van der Waals surface area contributed by atoms with Crippen molar-refractivity contribution in [3.05, 3.63) is 28.2 Å². The lowest BCUT2D eigenvalue weighted by Gasteiger charge is -2.38. The maximum absolute atomic E-state index is 12.4. The quantitative estimate of drug-likeness (QED) is 0.897. The average molecular weight is 329 g/mol. The maximum Gasteiger partial charge on any atom is 0.241 e. The van der Waals surface area contributed by atoms with Crippen LogP contribution in [0.3, 0.4) is 0 Å². The van der Waals surface area contributed by atoms with Crippen molar-refractivity contribution < 1.29 is 4.79 Å². The molecule has 3 nitrogen and oxygen atoms in total. The highest BCUT2D eigenvalue weighted by atomic mass is 35.5. The van der Waals surface area contributed by atoms with E-state index in [2.05, 4.69) is 24.1 Å². The first-order chi connectivity index (χ1) is 9.86. The number of amides is 1. The molecule has 0 aromatic heterocycles. The van der Waals surface area contributed by atoms with Crippen LogP contribution in [0.4, 0.5) is 5.69 Å². The highest BCUT2D eigenvalue weighted by Gasteiger charge is 2.28. The van der Waals surface area contributed by atoms with E-state index in [0.717, 1.165) is 13.1 Å². The molecule has 116 valence electrons. The summed E-state index contributed by atoms with van der Waals surface area (Å²) >= 11 is 12.0. The van der Waals surface area contributed by atoms with Gasteiger partial charge in [0.2, 0.25) is 5.91 Å². The number of benzene rings is 1. The third-order valence-corrected chi connectivity index (χ3v) is 4.56. The van der Waals surface area contributed by atoms with E-state index in [0.29, 0.717) is 27.6 Å². The van der Waals surface area contributed by atoms with Crippen LogP contribution < -0.4 is 5.32 Å². The Balaban J connectivity index is 2.02. The summed E-state index contributed by atoms with van der Waals surface area (Å²) in [5.41, 5.74) is 0.607. The number of nitrogens with zero attached hydrogens (tertiary/aromatic N) is 1. The van der Waals surface area contributed by atoms with Crippen LogP contribution >= 0.6 is 23.2 Å². The summed E-state index contributed by atoms with van der Waals surface area (Å²) in [7, 11) is 0. The first-order valence-corrected chi connectivity index (χ1v) is 8.12. The van der Waals surface area contributed by atoms with Crippen molar-refractivity contribution in [2.75, 3.05) is 18.4 Å². The van der Waals surface area contributed by atoms with Gasteiger partial charge in [0, 0.05) is 18.1 Å².